The molecule has 1 amide bonds. The predicted octanol–water partition coefficient (Wildman–Crippen LogP) is 3.25. The minimum Gasteiger partial charge on any atom is -0.490 e. The summed E-state index contributed by atoms with van der Waals surface area (Å²) in [5, 5.41) is 10.6. The fourth-order valence-electron chi connectivity index (χ4n) is 4.66. The first kappa shape index (κ1) is 24.5. The van der Waals surface area contributed by atoms with E-state index >= 15 is 0 Å². The monoisotopic (exact) mass is 464 g/mol. The average molecular weight is 465 g/mol. The predicted molar refractivity (Wildman–Crippen MR) is 134 cm³/mol. The van der Waals surface area contributed by atoms with Crippen molar-refractivity contribution in [1.82, 2.24) is 9.80 Å². The number of carbonyl (C=O) groups is 1. The zero-order chi connectivity index (χ0) is 23.6. The molecule has 6 nitrogen and oxygen atoms in total. The van der Waals surface area contributed by atoms with Gasteiger partial charge in [-0.05, 0) is 56.0 Å². The van der Waals surface area contributed by atoms with Crippen LogP contribution in [0.3, 0.4) is 0 Å². The van der Waals surface area contributed by atoms with Crippen LogP contribution in [0.1, 0.15) is 24.0 Å². The lowest BCUT2D eigenvalue weighted by atomic mass is 9.90. The Morgan fingerprint density at radius 3 is 2.50 bits per heavy atom. The number of benzene rings is 2. The standard InChI is InChI=1S/C28H36N2O4/c31-26(21-29-14-12-24(13-15-29)20-23-6-2-1-3-7-23)22-34-27-9-5-4-8-25(27)10-11-28(32)30-16-18-33-19-17-30/h1-11,24,26,31H,12-22H2. The van der Waals surface area contributed by atoms with E-state index in [2.05, 4.69) is 35.2 Å². The van der Waals surface area contributed by atoms with Crippen molar-refractivity contribution in [2.45, 2.75) is 25.4 Å². The number of piperidine rings is 1. The minimum atomic E-state index is -0.558. The normalized spacial score (nSPS) is 18.8. The molecule has 0 saturated carbocycles. The second-order valence-corrected chi connectivity index (χ2v) is 9.21. The van der Waals surface area contributed by atoms with Crippen LogP contribution in [0.25, 0.3) is 6.08 Å². The van der Waals surface area contributed by atoms with Gasteiger partial charge in [0.1, 0.15) is 18.5 Å². The molecule has 0 bridgehead atoms. The zero-order valence-electron chi connectivity index (χ0n) is 19.9. The number of aliphatic hydroxyl groups is 1. The van der Waals surface area contributed by atoms with E-state index in [1.807, 2.05) is 24.3 Å². The number of rotatable bonds is 9. The molecule has 2 heterocycles. The van der Waals surface area contributed by atoms with Crippen LogP contribution in [0.2, 0.25) is 0 Å². The number of amides is 1. The van der Waals surface area contributed by atoms with Gasteiger partial charge in [0, 0.05) is 31.3 Å². The van der Waals surface area contributed by atoms with Gasteiger partial charge in [-0.25, -0.2) is 0 Å². The first-order valence-electron chi connectivity index (χ1n) is 12.4. The van der Waals surface area contributed by atoms with Crippen LogP contribution in [-0.2, 0) is 16.0 Å². The summed E-state index contributed by atoms with van der Waals surface area (Å²) in [7, 11) is 0. The Kier molecular flexibility index (Phi) is 9.13. The topological polar surface area (TPSA) is 62.2 Å². The minimum absolute atomic E-state index is 0.0196. The van der Waals surface area contributed by atoms with Crippen LogP contribution in [-0.4, -0.2) is 79.5 Å². The molecule has 2 fully saturated rings. The van der Waals surface area contributed by atoms with E-state index in [0.29, 0.717) is 44.5 Å². The van der Waals surface area contributed by atoms with Crippen LogP contribution in [0.4, 0.5) is 0 Å². The number of ether oxygens (including phenoxy) is 2. The molecule has 2 saturated heterocycles. The maximum absolute atomic E-state index is 12.4. The quantitative estimate of drug-likeness (QED) is 0.578. The lowest BCUT2D eigenvalue weighted by molar-refractivity contribution is -0.129. The number of morpholine rings is 1. The molecule has 2 aromatic carbocycles. The highest BCUT2D eigenvalue weighted by Gasteiger charge is 2.21. The van der Waals surface area contributed by atoms with Gasteiger partial charge in [-0.3, -0.25) is 4.79 Å². The third-order valence-electron chi connectivity index (χ3n) is 6.62. The van der Waals surface area contributed by atoms with Crippen LogP contribution >= 0.6 is 0 Å². The van der Waals surface area contributed by atoms with Crippen molar-refractivity contribution >= 4 is 12.0 Å². The number of hydrogen-bond donors (Lipinski definition) is 1. The molecule has 0 aromatic heterocycles. The first-order valence-corrected chi connectivity index (χ1v) is 12.4. The molecule has 0 spiro atoms. The van der Waals surface area contributed by atoms with E-state index in [-0.39, 0.29) is 12.5 Å². The number of aliphatic hydroxyl groups excluding tert-OH is 1. The maximum Gasteiger partial charge on any atom is 0.246 e. The SMILES string of the molecule is O=C(C=Cc1ccccc1OCC(O)CN1CCC(Cc2ccccc2)CC1)N1CCOCC1. The van der Waals surface area contributed by atoms with Crippen molar-refractivity contribution in [3.8, 4) is 5.75 Å². The fourth-order valence-corrected chi connectivity index (χ4v) is 4.66. The number of β-amino-alcohol motifs (C(OH)–C–C–N with tert-alkyl or cyclic N) is 1. The largest absolute Gasteiger partial charge is 0.490 e. The Hall–Kier alpha value is -2.67. The number of nitrogens with zero attached hydrogens (tertiary/aromatic N) is 2. The average Bonchev–Trinajstić information content (AvgIpc) is 2.89. The van der Waals surface area contributed by atoms with E-state index in [4.69, 9.17) is 9.47 Å². The number of likely N-dealkylation sites (tertiary alicyclic amines) is 1. The molecule has 4 rings (SSSR count). The Morgan fingerprint density at radius 2 is 1.74 bits per heavy atom. The molecule has 2 aromatic rings. The summed E-state index contributed by atoms with van der Waals surface area (Å²) in [6.45, 7) is 5.28. The summed E-state index contributed by atoms with van der Waals surface area (Å²) in [5.41, 5.74) is 2.24. The summed E-state index contributed by atoms with van der Waals surface area (Å²) in [5.74, 6) is 1.37. The van der Waals surface area contributed by atoms with E-state index in [0.717, 1.165) is 37.9 Å². The summed E-state index contributed by atoms with van der Waals surface area (Å²) in [4.78, 5) is 16.5. The van der Waals surface area contributed by atoms with Gasteiger partial charge in [0.05, 0.1) is 13.2 Å². The molecule has 34 heavy (non-hydrogen) atoms. The van der Waals surface area contributed by atoms with Gasteiger partial charge < -0.3 is 24.4 Å². The Labute approximate surface area is 202 Å². The van der Waals surface area contributed by atoms with Gasteiger partial charge in [-0.1, -0.05) is 48.5 Å². The molecule has 2 aliphatic heterocycles. The van der Waals surface area contributed by atoms with Gasteiger partial charge in [-0.15, -0.1) is 0 Å². The highest BCUT2D eigenvalue weighted by Crippen LogP contribution is 2.23. The Morgan fingerprint density at radius 1 is 1.03 bits per heavy atom. The Bertz CT molecular complexity index is 919. The van der Waals surface area contributed by atoms with Crippen molar-refractivity contribution in [3.63, 3.8) is 0 Å². The molecule has 0 aliphatic carbocycles. The molecular weight excluding hydrogens is 428 g/mol. The molecular formula is C28H36N2O4. The second-order valence-electron chi connectivity index (χ2n) is 9.21. The molecule has 1 N–H and O–H groups in total. The summed E-state index contributed by atoms with van der Waals surface area (Å²) >= 11 is 0. The lowest BCUT2D eigenvalue weighted by Gasteiger charge is -2.33. The number of hydrogen-bond acceptors (Lipinski definition) is 5. The van der Waals surface area contributed by atoms with E-state index in [1.54, 1.807) is 17.1 Å². The van der Waals surface area contributed by atoms with Gasteiger partial charge in [-0.2, -0.15) is 0 Å². The van der Waals surface area contributed by atoms with Crippen molar-refractivity contribution in [3.05, 3.63) is 71.8 Å². The summed E-state index contributed by atoms with van der Waals surface area (Å²) in [6, 6.07) is 18.3. The van der Waals surface area contributed by atoms with Crippen LogP contribution in [0.5, 0.6) is 5.75 Å². The highest BCUT2D eigenvalue weighted by atomic mass is 16.5. The first-order chi connectivity index (χ1) is 16.7. The maximum atomic E-state index is 12.4. The molecule has 1 unspecified atom stereocenters. The number of carbonyl (C=O) groups excluding carboxylic acids is 1. The fraction of sp³-hybridized carbons (Fsp3) is 0.464. The summed E-state index contributed by atoms with van der Waals surface area (Å²) in [6.07, 6.45) is 6.28. The zero-order valence-corrected chi connectivity index (χ0v) is 19.9. The van der Waals surface area contributed by atoms with Gasteiger partial charge in [0.2, 0.25) is 5.91 Å². The molecule has 0 radical (unpaired) electrons. The van der Waals surface area contributed by atoms with E-state index in [1.165, 1.54) is 5.56 Å². The van der Waals surface area contributed by atoms with Crippen molar-refractivity contribution in [1.29, 1.82) is 0 Å². The van der Waals surface area contributed by atoms with Crippen LogP contribution < -0.4 is 4.74 Å². The van der Waals surface area contributed by atoms with E-state index < -0.39 is 6.10 Å². The molecule has 6 heteroatoms. The molecule has 182 valence electrons. The molecule has 1 atom stereocenters. The third-order valence-corrected chi connectivity index (χ3v) is 6.62. The third kappa shape index (κ3) is 7.42. The van der Waals surface area contributed by atoms with Gasteiger partial charge >= 0.3 is 0 Å². The molecule has 2 aliphatic rings. The van der Waals surface area contributed by atoms with E-state index in [9.17, 15) is 9.90 Å². The number of para-hydroxylation sites is 1. The van der Waals surface area contributed by atoms with Crippen LogP contribution in [0.15, 0.2) is 60.7 Å². The van der Waals surface area contributed by atoms with Gasteiger partial charge in [0.15, 0.2) is 0 Å². The van der Waals surface area contributed by atoms with Crippen molar-refractivity contribution in [2.75, 3.05) is 52.5 Å². The van der Waals surface area contributed by atoms with Crippen LogP contribution in [0, 0.1) is 5.92 Å². The summed E-state index contributed by atoms with van der Waals surface area (Å²) < 4.78 is 11.3. The van der Waals surface area contributed by atoms with Crippen molar-refractivity contribution < 1.29 is 19.4 Å². The smallest absolute Gasteiger partial charge is 0.246 e. The second kappa shape index (κ2) is 12.7. The van der Waals surface area contributed by atoms with Crippen molar-refractivity contribution in [2.24, 2.45) is 5.92 Å². The lowest BCUT2D eigenvalue weighted by Crippen LogP contribution is -2.41. The Balaban J connectivity index is 1.21. The van der Waals surface area contributed by atoms with Gasteiger partial charge in [0.25, 0.3) is 0 Å². The highest BCUT2D eigenvalue weighted by molar-refractivity contribution is 5.92.